The highest BCUT2D eigenvalue weighted by molar-refractivity contribution is 9.10. The lowest BCUT2D eigenvalue weighted by Gasteiger charge is -2.07. The van der Waals surface area contributed by atoms with Gasteiger partial charge in [0.1, 0.15) is 5.82 Å². The number of pyridine rings is 1. The quantitative estimate of drug-likeness (QED) is 0.843. The van der Waals surface area contributed by atoms with E-state index in [0.29, 0.717) is 21.4 Å². The number of amides is 1. The number of aryl methyl sites for hydroxylation is 1. The summed E-state index contributed by atoms with van der Waals surface area (Å²) in [6.45, 7) is 1.92. The Morgan fingerprint density at radius 1 is 1.26 bits per heavy atom. The Morgan fingerprint density at radius 3 is 2.63 bits per heavy atom. The van der Waals surface area contributed by atoms with E-state index >= 15 is 0 Å². The molecular formula is C13H9BrCl2N2O. The van der Waals surface area contributed by atoms with E-state index in [4.69, 9.17) is 23.2 Å². The summed E-state index contributed by atoms with van der Waals surface area (Å²) in [5.41, 5.74) is 1.41. The SMILES string of the molecule is Cc1cc(NC(=O)c2ccc(Cl)c(Cl)c2)ncc1Br. The zero-order valence-electron chi connectivity index (χ0n) is 9.88. The number of hydrogen-bond acceptors (Lipinski definition) is 2. The summed E-state index contributed by atoms with van der Waals surface area (Å²) < 4.78 is 0.889. The average molecular weight is 360 g/mol. The van der Waals surface area contributed by atoms with Crippen LogP contribution in [0.3, 0.4) is 0 Å². The lowest BCUT2D eigenvalue weighted by atomic mass is 10.2. The van der Waals surface area contributed by atoms with Crippen LogP contribution in [0.25, 0.3) is 0 Å². The van der Waals surface area contributed by atoms with Gasteiger partial charge in [-0.15, -0.1) is 0 Å². The van der Waals surface area contributed by atoms with Crippen LogP contribution in [-0.4, -0.2) is 10.9 Å². The first-order chi connectivity index (χ1) is 8.97. The van der Waals surface area contributed by atoms with E-state index in [-0.39, 0.29) is 5.91 Å². The maximum atomic E-state index is 12.0. The highest BCUT2D eigenvalue weighted by atomic mass is 79.9. The lowest BCUT2D eigenvalue weighted by molar-refractivity contribution is 0.102. The fourth-order valence-electron chi connectivity index (χ4n) is 1.43. The van der Waals surface area contributed by atoms with Crippen molar-refractivity contribution in [1.82, 2.24) is 4.98 Å². The van der Waals surface area contributed by atoms with Gasteiger partial charge in [-0.25, -0.2) is 4.98 Å². The molecule has 1 heterocycles. The monoisotopic (exact) mass is 358 g/mol. The molecule has 6 heteroatoms. The second-order valence-corrected chi connectivity index (χ2v) is 5.57. The molecule has 0 fully saturated rings. The Labute approximate surface area is 129 Å². The molecule has 0 saturated heterocycles. The molecule has 19 heavy (non-hydrogen) atoms. The van der Waals surface area contributed by atoms with Crippen molar-refractivity contribution in [2.75, 3.05) is 5.32 Å². The van der Waals surface area contributed by atoms with Crippen LogP contribution in [0.15, 0.2) is 34.9 Å². The third-order valence-corrected chi connectivity index (χ3v) is 4.04. The number of rotatable bonds is 2. The molecule has 0 aliphatic heterocycles. The molecule has 0 spiro atoms. The molecule has 0 bridgehead atoms. The summed E-state index contributed by atoms with van der Waals surface area (Å²) in [5, 5.41) is 3.46. The average Bonchev–Trinajstić information content (AvgIpc) is 2.37. The van der Waals surface area contributed by atoms with Crippen molar-refractivity contribution >= 4 is 50.9 Å². The van der Waals surface area contributed by atoms with Gasteiger partial charge in [-0.1, -0.05) is 23.2 Å². The summed E-state index contributed by atoms with van der Waals surface area (Å²) in [7, 11) is 0. The standard InChI is InChI=1S/C13H9BrCl2N2O/c1-7-4-12(17-6-9(7)14)18-13(19)8-2-3-10(15)11(16)5-8/h2-6H,1H3,(H,17,18,19). The molecule has 0 aliphatic carbocycles. The first-order valence-electron chi connectivity index (χ1n) is 5.36. The van der Waals surface area contributed by atoms with E-state index in [1.807, 2.05) is 6.92 Å². The molecule has 2 aromatic rings. The molecular weight excluding hydrogens is 351 g/mol. The number of benzene rings is 1. The Hall–Kier alpha value is -1.10. The summed E-state index contributed by atoms with van der Waals surface area (Å²) in [6, 6.07) is 6.48. The van der Waals surface area contributed by atoms with Crippen LogP contribution in [0.2, 0.25) is 10.0 Å². The molecule has 0 atom stereocenters. The fourth-order valence-corrected chi connectivity index (χ4v) is 1.95. The molecule has 0 radical (unpaired) electrons. The molecule has 0 saturated carbocycles. The number of hydrogen-bond donors (Lipinski definition) is 1. The minimum Gasteiger partial charge on any atom is -0.307 e. The van der Waals surface area contributed by atoms with Gasteiger partial charge in [0.2, 0.25) is 0 Å². The molecule has 0 unspecified atom stereocenters. The van der Waals surface area contributed by atoms with Crippen LogP contribution < -0.4 is 5.32 Å². The van der Waals surface area contributed by atoms with Crippen LogP contribution in [0.4, 0.5) is 5.82 Å². The molecule has 3 nitrogen and oxygen atoms in total. The smallest absolute Gasteiger partial charge is 0.256 e. The number of anilines is 1. The number of nitrogens with zero attached hydrogens (tertiary/aromatic N) is 1. The summed E-state index contributed by atoms with van der Waals surface area (Å²) in [6.07, 6.45) is 1.64. The molecule has 1 aromatic carbocycles. The predicted molar refractivity (Wildman–Crippen MR) is 81.1 cm³/mol. The maximum absolute atomic E-state index is 12.0. The van der Waals surface area contributed by atoms with Gasteiger partial charge in [-0.3, -0.25) is 4.79 Å². The van der Waals surface area contributed by atoms with Crippen LogP contribution in [0.1, 0.15) is 15.9 Å². The largest absolute Gasteiger partial charge is 0.307 e. The first-order valence-corrected chi connectivity index (χ1v) is 6.91. The molecule has 98 valence electrons. The van der Waals surface area contributed by atoms with E-state index in [1.54, 1.807) is 24.4 Å². The van der Waals surface area contributed by atoms with Gasteiger partial charge in [0.25, 0.3) is 5.91 Å². The van der Waals surface area contributed by atoms with Gasteiger partial charge < -0.3 is 5.32 Å². The van der Waals surface area contributed by atoms with Crippen molar-refractivity contribution in [2.24, 2.45) is 0 Å². The van der Waals surface area contributed by atoms with E-state index in [2.05, 4.69) is 26.2 Å². The Bertz CT molecular complexity index is 647. The molecule has 2 rings (SSSR count). The lowest BCUT2D eigenvalue weighted by Crippen LogP contribution is -2.13. The summed E-state index contributed by atoms with van der Waals surface area (Å²) in [5.74, 6) is 0.199. The summed E-state index contributed by atoms with van der Waals surface area (Å²) >= 11 is 15.0. The van der Waals surface area contributed by atoms with E-state index in [9.17, 15) is 4.79 Å². The van der Waals surface area contributed by atoms with Crippen LogP contribution >= 0.6 is 39.1 Å². The maximum Gasteiger partial charge on any atom is 0.256 e. The van der Waals surface area contributed by atoms with Gasteiger partial charge in [0.15, 0.2) is 0 Å². The van der Waals surface area contributed by atoms with Crippen molar-refractivity contribution in [3.8, 4) is 0 Å². The second-order valence-electron chi connectivity index (χ2n) is 3.90. The van der Waals surface area contributed by atoms with E-state index in [0.717, 1.165) is 10.0 Å². The zero-order valence-corrected chi connectivity index (χ0v) is 13.0. The van der Waals surface area contributed by atoms with Gasteiger partial charge >= 0.3 is 0 Å². The highest BCUT2D eigenvalue weighted by Gasteiger charge is 2.09. The van der Waals surface area contributed by atoms with Gasteiger partial charge in [0.05, 0.1) is 10.0 Å². The van der Waals surface area contributed by atoms with Crippen molar-refractivity contribution in [1.29, 1.82) is 0 Å². The summed E-state index contributed by atoms with van der Waals surface area (Å²) in [4.78, 5) is 16.1. The fraction of sp³-hybridized carbons (Fsp3) is 0.0769. The second kappa shape index (κ2) is 5.90. The van der Waals surface area contributed by atoms with Crippen LogP contribution in [0, 0.1) is 6.92 Å². The van der Waals surface area contributed by atoms with Crippen molar-refractivity contribution in [3.05, 3.63) is 56.1 Å². The van der Waals surface area contributed by atoms with E-state index in [1.165, 1.54) is 6.07 Å². The van der Waals surface area contributed by atoms with Gasteiger partial charge in [0, 0.05) is 16.2 Å². The molecule has 1 amide bonds. The minimum atomic E-state index is -0.284. The number of carbonyl (C=O) groups is 1. The van der Waals surface area contributed by atoms with Crippen molar-refractivity contribution in [3.63, 3.8) is 0 Å². The number of nitrogens with one attached hydrogen (secondary N) is 1. The van der Waals surface area contributed by atoms with Gasteiger partial charge in [-0.05, 0) is 52.7 Å². The number of carbonyl (C=O) groups excluding carboxylic acids is 1. The minimum absolute atomic E-state index is 0.284. The normalized spacial score (nSPS) is 10.3. The molecule has 1 N–H and O–H groups in total. The zero-order chi connectivity index (χ0) is 14.0. The Morgan fingerprint density at radius 2 is 2.00 bits per heavy atom. The van der Waals surface area contributed by atoms with E-state index < -0.39 is 0 Å². The first kappa shape index (κ1) is 14.3. The Balaban J connectivity index is 2.20. The van der Waals surface area contributed by atoms with Crippen LogP contribution in [-0.2, 0) is 0 Å². The molecule has 1 aromatic heterocycles. The topological polar surface area (TPSA) is 42.0 Å². The third kappa shape index (κ3) is 3.47. The number of halogens is 3. The predicted octanol–water partition coefficient (Wildman–Crippen LogP) is 4.71. The van der Waals surface area contributed by atoms with Crippen molar-refractivity contribution in [2.45, 2.75) is 6.92 Å². The van der Waals surface area contributed by atoms with Gasteiger partial charge in [-0.2, -0.15) is 0 Å². The van der Waals surface area contributed by atoms with Crippen molar-refractivity contribution < 1.29 is 4.79 Å². The third-order valence-electron chi connectivity index (χ3n) is 2.47. The van der Waals surface area contributed by atoms with Crippen LogP contribution in [0.5, 0.6) is 0 Å². The Kier molecular flexibility index (Phi) is 4.45. The number of aromatic nitrogens is 1. The highest BCUT2D eigenvalue weighted by Crippen LogP contribution is 2.23. The molecule has 0 aliphatic rings.